The maximum absolute atomic E-state index is 12.9. The van der Waals surface area contributed by atoms with Gasteiger partial charge in [-0.25, -0.2) is 4.39 Å². The number of benzene rings is 2. The minimum atomic E-state index is -0.401. The van der Waals surface area contributed by atoms with Crippen molar-refractivity contribution >= 4 is 5.78 Å². The van der Waals surface area contributed by atoms with Crippen LogP contribution in [0.5, 0.6) is 0 Å². The summed E-state index contributed by atoms with van der Waals surface area (Å²) in [6.45, 7) is 5.71. The molecule has 0 bridgehead atoms. The van der Waals surface area contributed by atoms with Gasteiger partial charge in [-0.15, -0.1) is 0 Å². The van der Waals surface area contributed by atoms with E-state index in [9.17, 15) is 9.18 Å². The smallest absolute Gasteiger partial charge is 0.168 e. The number of hydrogen-bond acceptors (Lipinski definition) is 1. The lowest BCUT2D eigenvalue weighted by Gasteiger charge is -2.17. The topological polar surface area (TPSA) is 17.1 Å². The standard InChI is InChI=1S/C17H17FO/c1-17(2,3)16(19)14-6-4-5-13(11-14)12-7-9-15(18)10-8-12/h4-11H,1-3H3. The molecule has 2 rings (SSSR count). The molecule has 2 aromatic rings. The molecule has 1 nitrogen and oxygen atoms in total. The fraction of sp³-hybridized carbons (Fsp3) is 0.235. The Balaban J connectivity index is 2.40. The summed E-state index contributed by atoms with van der Waals surface area (Å²) in [6, 6.07) is 13.7. The van der Waals surface area contributed by atoms with Crippen molar-refractivity contribution < 1.29 is 9.18 Å². The number of Topliss-reactive ketones (excluding diaryl/α,β-unsaturated/α-hetero) is 1. The molecule has 2 heteroatoms. The molecule has 19 heavy (non-hydrogen) atoms. The van der Waals surface area contributed by atoms with Gasteiger partial charge in [0.15, 0.2) is 5.78 Å². The van der Waals surface area contributed by atoms with Gasteiger partial charge in [-0.05, 0) is 29.3 Å². The van der Waals surface area contributed by atoms with Crippen LogP contribution in [0, 0.1) is 11.2 Å². The van der Waals surface area contributed by atoms with E-state index in [1.165, 1.54) is 12.1 Å². The molecule has 0 heterocycles. The van der Waals surface area contributed by atoms with E-state index in [1.807, 2.05) is 45.0 Å². The molecule has 2 aromatic carbocycles. The summed E-state index contributed by atoms with van der Waals surface area (Å²) in [7, 11) is 0. The van der Waals surface area contributed by atoms with Crippen LogP contribution in [0.3, 0.4) is 0 Å². The van der Waals surface area contributed by atoms with Crippen LogP contribution in [-0.2, 0) is 0 Å². The van der Waals surface area contributed by atoms with Crippen molar-refractivity contribution in [2.24, 2.45) is 5.41 Å². The number of hydrogen-bond donors (Lipinski definition) is 0. The number of carbonyl (C=O) groups excluding carboxylic acids is 1. The van der Waals surface area contributed by atoms with Crippen molar-refractivity contribution in [3.63, 3.8) is 0 Å². The van der Waals surface area contributed by atoms with Crippen molar-refractivity contribution in [1.29, 1.82) is 0 Å². The molecule has 0 unspecified atom stereocenters. The molecule has 0 N–H and O–H groups in total. The highest BCUT2D eigenvalue weighted by molar-refractivity contribution is 6.00. The molecule has 98 valence electrons. The van der Waals surface area contributed by atoms with E-state index in [-0.39, 0.29) is 11.6 Å². The first-order chi connectivity index (χ1) is 8.88. The molecule has 0 spiro atoms. The van der Waals surface area contributed by atoms with Crippen molar-refractivity contribution in [2.75, 3.05) is 0 Å². The third-order valence-electron chi connectivity index (χ3n) is 2.98. The Hall–Kier alpha value is -1.96. The van der Waals surface area contributed by atoms with Crippen molar-refractivity contribution in [2.45, 2.75) is 20.8 Å². The zero-order valence-corrected chi connectivity index (χ0v) is 11.4. The lowest BCUT2D eigenvalue weighted by atomic mass is 9.86. The van der Waals surface area contributed by atoms with E-state index < -0.39 is 5.41 Å². The largest absolute Gasteiger partial charge is 0.294 e. The fourth-order valence-corrected chi connectivity index (χ4v) is 1.92. The maximum atomic E-state index is 12.9. The Bertz CT molecular complexity index is 591. The summed E-state index contributed by atoms with van der Waals surface area (Å²) in [4.78, 5) is 12.2. The molecular formula is C17H17FO. The molecule has 0 saturated heterocycles. The molecular weight excluding hydrogens is 239 g/mol. The second-order valence-corrected chi connectivity index (χ2v) is 5.67. The van der Waals surface area contributed by atoms with Gasteiger partial charge in [0.1, 0.15) is 5.82 Å². The Morgan fingerprint density at radius 3 is 2.16 bits per heavy atom. The molecule has 0 radical (unpaired) electrons. The van der Waals surface area contributed by atoms with Gasteiger partial charge in [0.25, 0.3) is 0 Å². The summed E-state index contributed by atoms with van der Waals surface area (Å²) >= 11 is 0. The average molecular weight is 256 g/mol. The van der Waals surface area contributed by atoms with Crippen molar-refractivity contribution in [3.8, 4) is 11.1 Å². The Labute approximate surface area is 113 Å². The SMILES string of the molecule is CC(C)(C)C(=O)c1cccc(-c2ccc(F)cc2)c1. The quantitative estimate of drug-likeness (QED) is 0.710. The van der Waals surface area contributed by atoms with Crippen molar-refractivity contribution in [1.82, 2.24) is 0 Å². The first kappa shape index (κ1) is 13.5. The number of ketones is 1. The predicted octanol–water partition coefficient (Wildman–Crippen LogP) is 4.72. The van der Waals surface area contributed by atoms with E-state index in [4.69, 9.17) is 0 Å². The Kier molecular flexibility index (Phi) is 3.52. The molecule has 0 aromatic heterocycles. The third kappa shape index (κ3) is 3.08. The second kappa shape index (κ2) is 4.96. The summed E-state index contributed by atoms with van der Waals surface area (Å²) in [5.74, 6) is -0.151. The van der Waals surface area contributed by atoms with Crippen molar-refractivity contribution in [3.05, 3.63) is 59.9 Å². The highest BCUT2D eigenvalue weighted by Gasteiger charge is 2.22. The molecule has 0 aliphatic carbocycles. The van der Waals surface area contributed by atoms with Crippen LogP contribution >= 0.6 is 0 Å². The average Bonchev–Trinajstić information content (AvgIpc) is 2.38. The Morgan fingerprint density at radius 1 is 0.947 bits per heavy atom. The summed E-state index contributed by atoms with van der Waals surface area (Å²) in [5, 5.41) is 0. The summed E-state index contributed by atoms with van der Waals surface area (Å²) in [6.07, 6.45) is 0. The van der Waals surface area contributed by atoms with Gasteiger partial charge in [0.05, 0.1) is 0 Å². The van der Waals surface area contributed by atoms with Crippen LogP contribution < -0.4 is 0 Å². The van der Waals surface area contributed by atoms with Gasteiger partial charge < -0.3 is 0 Å². The predicted molar refractivity (Wildman–Crippen MR) is 75.6 cm³/mol. The van der Waals surface area contributed by atoms with E-state index >= 15 is 0 Å². The highest BCUT2D eigenvalue weighted by atomic mass is 19.1. The van der Waals surface area contributed by atoms with Gasteiger partial charge >= 0.3 is 0 Å². The van der Waals surface area contributed by atoms with Crippen LogP contribution in [0.1, 0.15) is 31.1 Å². The van der Waals surface area contributed by atoms with E-state index in [0.717, 1.165) is 11.1 Å². The molecule has 0 saturated carbocycles. The van der Waals surface area contributed by atoms with Crippen LogP contribution in [0.25, 0.3) is 11.1 Å². The van der Waals surface area contributed by atoms with Crippen LogP contribution in [-0.4, -0.2) is 5.78 Å². The third-order valence-corrected chi connectivity index (χ3v) is 2.98. The molecule has 0 amide bonds. The minimum absolute atomic E-state index is 0.108. The maximum Gasteiger partial charge on any atom is 0.168 e. The van der Waals surface area contributed by atoms with Crippen LogP contribution in [0.4, 0.5) is 4.39 Å². The van der Waals surface area contributed by atoms with E-state index in [1.54, 1.807) is 12.1 Å². The zero-order chi connectivity index (χ0) is 14.0. The van der Waals surface area contributed by atoms with Crippen LogP contribution in [0.2, 0.25) is 0 Å². The molecule has 0 aliphatic rings. The minimum Gasteiger partial charge on any atom is -0.294 e. The molecule has 0 atom stereocenters. The second-order valence-electron chi connectivity index (χ2n) is 5.67. The van der Waals surface area contributed by atoms with Gasteiger partial charge in [-0.3, -0.25) is 4.79 Å². The first-order valence-electron chi connectivity index (χ1n) is 6.29. The first-order valence-corrected chi connectivity index (χ1v) is 6.29. The fourth-order valence-electron chi connectivity index (χ4n) is 1.92. The lowest BCUT2D eigenvalue weighted by molar-refractivity contribution is 0.0858. The van der Waals surface area contributed by atoms with Crippen LogP contribution in [0.15, 0.2) is 48.5 Å². The summed E-state index contributed by atoms with van der Waals surface area (Å²) < 4.78 is 12.9. The number of halogens is 1. The van der Waals surface area contributed by atoms with Gasteiger partial charge in [-0.1, -0.05) is 51.1 Å². The lowest BCUT2D eigenvalue weighted by Crippen LogP contribution is -2.20. The monoisotopic (exact) mass is 256 g/mol. The number of rotatable bonds is 2. The molecule has 0 fully saturated rings. The Morgan fingerprint density at radius 2 is 1.58 bits per heavy atom. The van der Waals surface area contributed by atoms with E-state index in [2.05, 4.69) is 0 Å². The van der Waals surface area contributed by atoms with Gasteiger partial charge in [0, 0.05) is 11.0 Å². The van der Waals surface area contributed by atoms with E-state index in [0.29, 0.717) is 5.56 Å². The van der Waals surface area contributed by atoms with Gasteiger partial charge in [-0.2, -0.15) is 0 Å². The van der Waals surface area contributed by atoms with Gasteiger partial charge in [0.2, 0.25) is 0 Å². The summed E-state index contributed by atoms with van der Waals surface area (Å²) in [5.41, 5.74) is 2.12. The highest BCUT2D eigenvalue weighted by Crippen LogP contribution is 2.25. The molecule has 0 aliphatic heterocycles. The number of carbonyl (C=O) groups is 1. The zero-order valence-electron chi connectivity index (χ0n) is 11.4. The normalized spacial score (nSPS) is 11.4.